The van der Waals surface area contributed by atoms with Gasteiger partial charge in [0.25, 0.3) is 0 Å². The second kappa shape index (κ2) is 8.64. The van der Waals surface area contributed by atoms with E-state index in [0.29, 0.717) is 37.6 Å². The lowest BCUT2D eigenvalue weighted by Gasteiger charge is -2.33. The Labute approximate surface area is 157 Å². The number of carbonyl (C=O) groups is 2. The van der Waals surface area contributed by atoms with Crippen LogP contribution in [0.3, 0.4) is 0 Å². The van der Waals surface area contributed by atoms with Crippen LogP contribution in [0.2, 0.25) is 0 Å². The minimum Gasteiger partial charge on any atom is -0.462 e. The van der Waals surface area contributed by atoms with Gasteiger partial charge in [0, 0.05) is 37.9 Å². The van der Waals surface area contributed by atoms with Crippen molar-refractivity contribution in [3.8, 4) is 0 Å². The molecule has 0 saturated carbocycles. The van der Waals surface area contributed by atoms with E-state index in [4.69, 9.17) is 4.42 Å². The van der Waals surface area contributed by atoms with Gasteiger partial charge in [-0.1, -0.05) is 0 Å². The lowest BCUT2D eigenvalue weighted by molar-refractivity contribution is -0.127. The van der Waals surface area contributed by atoms with Crippen LogP contribution in [0.1, 0.15) is 11.5 Å². The second-order valence-electron chi connectivity index (χ2n) is 6.44. The molecule has 2 heterocycles. The molecule has 1 aromatic heterocycles. The number of benzene rings is 1. The smallest absolute Gasteiger partial charge is 0.246 e. The molecule has 2 amide bonds. The number of halogens is 1. The van der Waals surface area contributed by atoms with E-state index in [2.05, 4.69) is 5.32 Å². The minimum absolute atomic E-state index is 0.0699. The molecule has 1 N–H and O–H groups in total. The molecular formula is C20H22FN3O3. The number of anilines is 1. The maximum atomic E-state index is 12.9. The van der Waals surface area contributed by atoms with Crippen LogP contribution >= 0.6 is 0 Å². The summed E-state index contributed by atoms with van der Waals surface area (Å²) in [5.74, 6) is 0.880. The average molecular weight is 371 g/mol. The van der Waals surface area contributed by atoms with Crippen molar-refractivity contribution in [3.05, 3.63) is 59.8 Å². The van der Waals surface area contributed by atoms with E-state index in [1.165, 1.54) is 30.3 Å². The normalized spacial score (nSPS) is 15.3. The highest BCUT2D eigenvalue weighted by Crippen LogP contribution is 2.10. The number of rotatable bonds is 5. The van der Waals surface area contributed by atoms with Crippen molar-refractivity contribution in [2.75, 3.05) is 38.0 Å². The molecular weight excluding hydrogens is 349 g/mol. The molecule has 7 heteroatoms. The molecule has 27 heavy (non-hydrogen) atoms. The van der Waals surface area contributed by atoms with E-state index < -0.39 is 0 Å². The van der Waals surface area contributed by atoms with E-state index >= 15 is 0 Å². The standard InChI is InChI=1S/C20H22FN3O3/c1-15-2-7-18(27-15)8-9-20(26)24-12-10-23(11-13-24)14-19(25)22-17-5-3-16(21)4-6-17/h2-9H,10-14H2,1H3,(H,22,25). The molecule has 6 nitrogen and oxygen atoms in total. The number of hydrogen-bond acceptors (Lipinski definition) is 4. The molecule has 0 atom stereocenters. The zero-order valence-electron chi connectivity index (χ0n) is 15.2. The Morgan fingerprint density at radius 3 is 2.44 bits per heavy atom. The minimum atomic E-state index is -0.343. The van der Waals surface area contributed by atoms with Crippen LogP contribution in [0, 0.1) is 12.7 Å². The zero-order chi connectivity index (χ0) is 19.2. The maximum Gasteiger partial charge on any atom is 0.246 e. The summed E-state index contributed by atoms with van der Waals surface area (Å²) in [4.78, 5) is 28.1. The summed E-state index contributed by atoms with van der Waals surface area (Å²) in [6, 6.07) is 9.32. The molecule has 0 bridgehead atoms. The monoisotopic (exact) mass is 371 g/mol. The number of hydrogen-bond donors (Lipinski definition) is 1. The molecule has 2 aromatic rings. The third-order valence-electron chi connectivity index (χ3n) is 4.33. The molecule has 1 fully saturated rings. The van der Waals surface area contributed by atoms with Crippen molar-refractivity contribution in [1.82, 2.24) is 9.80 Å². The number of piperazine rings is 1. The van der Waals surface area contributed by atoms with E-state index in [0.717, 1.165) is 5.76 Å². The summed E-state index contributed by atoms with van der Waals surface area (Å²) in [6.45, 7) is 4.45. The van der Waals surface area contributed by atoms with Gasteiger partial charge >= 0.3 is 0 Å². The van der Waals surface area contributed by atoms with Gasteiger partial charge in [0.05, 0.1) is 6.54 Å². The summed E-state index contributed by atoms with van der Waals surface area (Å²) in [5, 5.41) is 2.74. The largest absolute Gasteiger partial charge is 0.462 e. The lowest BCUT2D eigenvalue weighted by atomic mass is 10.2. The van der Waals surface area contributed by atoms with Gasteiger partial charge in [0.2, 0.25) is 11.8 Å². The summed E-state index contributed by atoms with van der Waals surface area (Å²) in [5.41, 5.74) is 0.563. The van der Waals surface area contributed by atoms with Gasteiger partial charge in [-0.25, -0.2) is 4.39 Å². The predicted molar refractivity (Wildman–Crippen MR) is 101 cm³/mol. The van der Waals surface area contributed by atoms with E-state index in [-0.39, 0.29) is 24.2 Å². The van der Waals surface area contributed by atoms with Crippen molar-refractivity contribution >= 4 is 23.6 Å². The molecule has 0 radical (unpaired) electrons. The third-order valence-corrected chi connectivity index (χ3v) is 4.33. The number of carbonyl (C=O) groups excluding carboxylic acids is 2. The Morgan fingerprint density at radius 2 is 1.81 bits per heavy atom. The van der Waals surface area contributed by atoms with Crippen LogP contribution < -0.4 is 5.32 Å². The third kappa shape index (κ3) is 5.52. The highest BCUT2D eigenvalue weighted by Gasteiger charge is 2.21. The first-order chi connectivity index (χ1) is 13.0. The Kier molecular flexibility index (Phi) is 6.03. The quantitative estimate of drug-likeness (QED) is 0.821. The highest BCUT2D eigenvalue weighted by molar-refractivity contribution is 5.92. The van der Waals surface area contributed by atoms with Crippen molar-refractivity contribution in [2.45, 2.75) is 6.92 Å². The fraction of sp³-hybridized carbons (Fsp3) is 0.300. The van der Waals surface area contributed by atoms with Gasteiger partial charge in [0.1, 0.15) is 17.3 Å². The molecule has 3 rings (SSSR count). The number of aryl methyl sites for hydroxylation is 1. The van der Waals surface area contributed by atoms with Crippen LogP contribution in [-0.4, -0.2) is 54.3 Å². The van der Waals surface area contributed by atoms with Gasteiger partial charge in [-0.15, -0.1) is 0 Å². The number of nitrogens with zero attached hydrogens (tertiary/aromatic N) is 2. The SMILES string of the molecule is Cc1ccc(C=CC(=O)N2CCN(CC(=O)Nc3ccc(F)cc3)CC2)o1. The molecule has 1 aromatic carbocycles. The molecule has 0 aliphatic carbocycles. The van der Waals surface area contributed by atoms with Crippen molar-refractivity contribution in [2.24, 2.45) is 0 Å². The van der Waals surface area contributed by atoms with Gasteiger partial charge < -0.3 is 14.6 Å². The van der Waals surface area contributed by atoms with Gasteiger partial charge in [0.15, 0.2) is 0 Å². The van der Waals surface area contributed by atoms with Crippen LogP contribution in [0.4, 0.5) is 10.1 Å². The van der Waals surface area contributed by atoms with E-state index in [1.54, 1.807) is 11.0 Å². The molecule has 1 saturated heterocycles. The summed E-state index contributed by atoms with van der Waals surface area (Å²) in [6.07, 6.45) is 3.17. The van der Waals surface area contributed by atoms with Crippen molar-refractivity contribution < 1.29 is 18.4 Å². The Bertz CT molecular complexity index is 821. The molecule has 1 aliphatic rings. The van der Waals surface area contributed by atoms with Crippen molar-refractivity contribution in [1.29, 1.82) is 0 Å². The summed E-state index contributed by atoms with van der Waals surface area (Å²) < 4.78 is 18.3. The first-order valence-electron chi connectivity index (χ1n) is 8.81. The molecule has 0 spiro atoms. The predicted octanol–water partition coefficient (Wildman–Crippen LogP) is 2.52. The average Bonchev–Trinajstić information content (AvgIpc) is 3.07. The highest BCUT2D eigenvalue weighted by atomic mass is 19.1. The maximum absolute atomic E-state index is 12.9. The Morgan fingerprint density at radius 1 is 1.11 bits per heavy atom. The van der Waals surface area contributed by atoms with Gasteiger partial charge in [-0.3, -0.25) is 14.5 Å². The first kappa shape index (κ1) is 18.8. The molecule has 142 valence electrons. The molecule has 1 aliphatic heterocycles. The Hall–Kier alpha value is -2.93. The number of nitrogens with one attached hydrogen (secondary N) is 1. The van der Waals surface area contributed by atoms with Crippen LogP contribution in [0.25, 0.3) is 6.08 Å². The van der Waals surface area contributed by atoms with Crippen molar-refractivity contribution in [3.63, 3.8) is 0 Å². The lowest BCUT2D eigenvalue weighted by Crippen LogP contribution is -2.50. The van der Waals surface area contributed by atoms with E-state index in [1.807, 2.05) is 24.0 Å². The van der Waals surface area contributed by atoms with E-state index in [9.17, 15) is 14.0 Å². The van der Waals surface area contributed by atoms with Crippen LogP contribution in [-0.2, 0) is 9.59 Å². The van der Waals surface area contributed by atoms with Crippen LogP contribution in [0.5, 0.6) is 0 Å². The number of amides is 2. The summed E-state index contributed by atoms with van der Waals surface area (Å²) >= 11 is 0. The fourth-order valence-corrected chi connectivity index (χ4v) is 2.87. The number of furan rings is 1. The van der Waals surface area contributed by atoms with Gasteiger partial charge in [-0.05, 0) is 49.4 Å². The fourth-order valence-electron chi connectivity index (χ4n) is 2.87. The van der Waals surface area contributed by atoms with Gasteiger partial charge in [-0.2, -0.15) is 0 Å². The van der Waals surface area contributed by atoms with Crippen LogP contribution in [0.15, 0.2) is 46.9 Å². The summed E-state index contributed by atoms with van der Waals surface area (Å²) in [7, 11) is 0. The Balaban J connectivity index is 1.42. The molecule has 0 unspecified atom stereocenters. The topological polar surface area (TPSA) is 65.8 Å². The second-order valence-corrected chi connectivity index (χ2v) is 6.44. The zero-order valence-corrected chi connectivity index (χ0v) is 15.2. The first-order valence-corrected chi connectivity index (χ1v) is 8.81.